The Kier molecular flexibility index (Phi) is 1.86. The van der Waals surface area contributed by atoms with Crippen LogP contribution in [0.4, 0.5) is 6.01 Å². The molecule has 0 unspecified atom stereocenters. The van der Waals surface area contributed by atoms with Crippen molar-refractivity contribution >= 4 is 17.4 Å². The van der Waals surface area contributed by atoms with E-state index < -0.39 is 0 Å². The molecule has 0 aliphatic carbocycles. The summed E-state index contributed by atoms with van der Waals surface area (Å²) in [5.41, 5.74) is 1.03. The van der Waals surface area contributed by atoms with Gasteiger partial charge in [0, 0.05) is 12.3 Å². The quantitative estimate of drug-likeness (QED) is 0.749. The van der Waals surface area contributed by atoms with Crippen molar-refractivity contribution in [3.8, 4) is 0 Å². The van der Waals surface area contributed by atoms with Crippen molar-refractivity contribution in [1.29, 1.82) is 0 Å². The Morgan fingerprint density at radius 2 is 2.31 bits per heavy atom. The summed E-state index contributed by atoms with van der Waals surface area (Å²) in [5, 5.41) is 3.72. The minimum atomic E-state index is -0.0351. The molecule has 0 spiro atoms. The molecular formula is C10H7N3O3. The molecule has 16 heavy (non-hydrogen) atoms. The molecule has 0 atom stereocenters. The molecule has 0 saturated heterocycles. The molecule has 80 valence electrons. The summed E-state index contributed by atoms with van der Waals surface area (Å²) in [6.45, 7) is 0.211. The van der Waals surface area contributed by atoms with Crippen LogP contribution in [0.2, 0.25) is 0 Å². The molecule has 0 N–H and O–H groups in total. The summed E-state index contributed by atoms with van der Waals surface area (Å²) in [5.74, 6) is -0.0351. The third kappa shape index (κ3) is 1.31. The molecule has 0 saturated carbocycles. The maximum absolute atomic E-state index is 11.7. The van der Waals surface area contributed by atoms with E-state index in [-0.39, 0.29) is 12.3 Å². The minimum absolute atomic E-state index is 0.0351. The SMILES string of the molecule is O=C1CN(c2ncco2)C=C1c1ccon1. The fourth-order valence-electron chi connectivity index (χ4n) is 1.55. The van der Waals surface area contributed by atoms with E-state index in [1.54, 1.807) is 17.2 Å². The number of anilines is 1. The zero-order chi connectivity index (χ0) is 11.0. The van der Waals surface area contributed by atoms with E-state index in [9.17, 15) is 4.79 Å². The summed E-state index contributed by atoms with van der Waals surface area (Å²) in [6, 6.07) is 2.04. The fourth-order valence-corrected chi connectivity index (χ4v) is 1.55. The molecule has 0 amide bonds. The number of oxazole rings is 1. The van der Waals surface area contributed by atoms with Gasteiger partial charge in [0.2, 0.25) is 0 Å². The molecular weight excluding hydrogens is 210 g/mol. The smallest absolute Gasteiger partial charge is 0.301 e. The van der Waals surface area contributed by atoms with Gasteiger partial charge in [0.25, 0.3) is 0 Å². The van der Waals surface area contributed by atoms with E-state index in [2.05, 4.69) is 10.1 Å². The van der Waals surface area contributed by atoms with E-state index in [1.807, 2.05) is 0 Å². The largest absolute Gasteiger partial charge is 0.432 e. The molecule has 2 aromatic rings. The van der Waals surface area contributed by atoms with Crippen LogP contribution in [0, 0.1) is 0 Å². The van der Waals surface area contributed by atoms with E-state index in [1.165, 1.54) is 18.7 Å². The second-order valence-corrected chi connectivity index (χ2v) is 3.29. The molecule has 0 fully saturated rings. The second-order valence-electron chi connectivity index (χ2n) is 3.29. The van der Waals surface area contributed by atoms with Crippen molar-refractivity contribution in [2.45, 2.75) is 0 Å². The maximum atomic E-state index is 11.7. The number of hydrogen-bond acceptors (Lipinski definition) is 6. The van der Waals surface area contributed by atoms with Crippen LogP contribution < -0.4 is 4.90 Å². The van der Waals surface area contributed by atoms with E-state index in [4.69, 9.17) is 8.94 Å². The summed E-state index contributed by atoms with van der Waals surface area (Å²) >= 11 is 0. The topological polar surface area (TPSA) is 72.4 Å². The second kappa shape index (κ2) is 3.34. The van der Waals surface area contributed by atoms with Crippen LogP contribution >= 0.6 is 0 Å². The average Bonchev–Trinajstić information content (AvgIpc) is 2.97. The summed E-state index contributed by atoms with van der Waals surface area (Å²) < 4.78 is 9.81. The first-order valence-corrected chi connectivity index (χ1v) is 4.66. The molecule has 6 nitrogen and oxygen atoms in total. The highest BCUT2D eigenvalue weighted by atomic mass is 16.5. The van der Waals surface area contributed by atoms with Crippen molar-refractivity contribution in [3.05, 3.63) is 36.7 Å². The molecule has 1 aliphatic rings. The molecule has 0 bridgehead atoms. The Bertz CT molecular complexity index is 528. The first kappa shape index (κ1) is 8.90. The Morgan fingerprint density at radius 3 is 3.00 bits per heavy atom. The van der Waals surface area contributed by atoms with Crippen molar-refractivity contribution < 1.29 is 13.7 Å². The van der Waals surface area contributed by atoms with Crippen LogP contribution in [0.25, 0.3) is 5.57 Å². The minimum Gasteiger partial charge on any atom is -0.432 e. The van der Waals surface area contributed by atoms with Crippen molar-refractivity contribution in [2.24, 2.45) is 0 Å². The van der Waals surface area contributed by atoms with Crippen molar-refractivity contribution in [1.82, 2.24) is 10.1 Å². The first-order chi connectivity index (χ1) is 7.84. The highest BCUT2D eigenvalue weighted by Crippen LogP contribution is 2.24. The van der Waals surface area contributed by atoms with Crippen LogP contribution in [0.5, 0.6) is 0 Å². The summed E-state index contributed by atoms with van der Waals surface area (Å²) in [4.78, 5) is 17.3. The van der Waals surface area contributed by atoms with E-state index >= 15 is 0 Å². The Balaban J connectivity index is 1.96. The van der Waals surface area contributed by atoms with Crippen molar-refractivity contribution in [3.63, 3.8) is 0 Å². The predicted molar refractivity (Wildman–Crippen MR) is 53.3 cm³/mol. The number of carbonyl (C=O) groups is 1. The van der Waals surface area contributed by atoms with Gasteiger partial charge in [0.15, 0.2) is 5.78 Å². The molecule has 6 heteroatoms. The lowest BCUT2D eigenvalue weighted by Gasteiger charge is -2.06. The Hall–Kier alpha value is -2.37. The first-order valence-electron chi connectivity index (χ1n) is 4.66. The third-order valence-electron chi connectivity index (χ3n) is 2.28. The predicted octanol–water partition coefficient (Wildman–Crippen LogP) is 1.09. The lowest BCUT2D eigenvalue weighted by Crippen LogP contribution is -2.17. The molecule has 3 heterocycles. The van der Waals surface area contributed by atoms with Crippen LogP contribution in [0.3, 0.4) is 0 Å². The van der Waals surface area contributed by atoms with Gasteiger partial charge in [0.05, 0.1) is 18.3 Å². The Morgan fingerprint density at radius 1 is 1.38 bits per heavy atom. The van der Waals surface area contributed by atoms with Gasteiger partial charge in [-0.2, -0.15) is 0 Å². The van der Waals surface area contributed by atoms with Crippen LogP contribution in [-0.4, -0.2) is 22.5 Å². The lowest BCUT2D eigenvalue weighted by molar-refractivity contribution is -0.112. The normalized spacial score (nSPS) is 15.6. The van der Waals surface area contributed by atoms with Gasteiger partial charge < -0.3 is 8.94 Å². The number of Topliss-reactive ketones (excluding diaryl/α,β-unsaturated/α-hetero) is 1. The van der Waals surface area contributed by atoms with Gasteiger partial charge in [-0.05, 0) is 0 Å². The standard InChI is InChI=1S/C10H7N3O3/c14-9-6-13(10-11-2-4-15-10)5-7(9)8-1-3-16-12-8/h1-5H,6H2. The number of aromatic nitrogens is 2. The number of rotatable bonds is 2. The van der Waals surface area contributed by atoms with E-state index in [0.717, 1.165) is 0 Å². The van der Waals surface area contributed by atoms with Gasteiger partial charge in [0.1, 0.15) is 18.2 Å². The highest BCUT2D eigenvalue weighted by molar-refractivity contribution is 6.24. The van der Waals surface area contributed by atoms with Crippen LogP contribution in [0.1, 0.15) is 5.69 Å². The van der Waals surface area contributed by atoms with Crippen LogP contribution in [-0.2, 0) is 4.79 Å². The zero-order valence-electron chi connectivity index (χ0n) is 8.16. The highest BCUT2D eigenvalue weighted by Gasteiger charge is 2.27. The average molecular weight is 217 g/mol. The fraction of sp³-hybridized carbons (Fsp3) is 0.100. The number of nitrogens with zero attached hydrogens (tertiary/aromatic N) is 3. The number of carbonyl (C=O) groups excluding carboxylic acids is 1. The number of ketones is 1. The number of hydrogen-bond donors (Lipinski definition) is 0. The van der Waals surface area contributed by atoms with Gasteiger partial charge in [-0.1, -0.05) is 5.16 Å². The van der Waals surface area contributed by atoms with Crippen molar-refractivity contribution in [2.75, 3.05) is 11.4 Å². The van der Waals surface area contributed by atoms with Gasteiger partial charge in [-0.3, -0.25) is 9.69 Å². The monoisotopic (exact) mass is 217 g/mol. The van der Waals surface area contributed by atoms with Gasteiger partial charge >= 0.3 is 6.01 Å². The molecule has 3 rings (SSSR count). The van der Waals surface area contributed by atoms with Crippen LogP contribution in [0.15, 0.2) is 39.9 Å². The molecule has 0 radical (unpaired) electrons. The lowest BCUT2D eigenvalue weighted by atomic mass is 10.1. The van der Waals surface area contributed by atoms with Gasteiger partial charge in [-0.15, -0.1) is 0 Å². The van der Waals surface area contributed by atoms with Gasteiger partial charge in [-0.25, -0.2) is 4.98 Å². The summed E-state index contributed by atoms with van der Waals surface area (Å²) in [6.07, 6.45) is 6.08. The third-order valence-corrected chi connectivity index (χ3v) is 2.28. The molecule has 1 aliphatic heterocycles. The molecule has 0 aromatic carbocycles. The van der Waals surface area contributed by atoms with E-state index in [0.29, 0.717) is 17.3 Å². The summed E-state index contributed by atoms with van der Waals surface area (Å²) in [7, 11) is 0. The maximum Gasteiger partial charge on any atom is 0.301 e. The zero-order valence-corrected chi connectivity index (χ0v) is 8.16. The molecule has 2 aromatic heterocycles. The Labute approximate surface area is 90.2 Å².